The van der Waals surface area contributed by atoms with Crippen LogP contribution < -0.4 is 9.46 Å². The number of hydrogen-bond acceptors (Lipinski definition) is 9. The first-order chi connectivity index (χ1) is 22.1. The van der Waals surface area contributed by atoms with E-state index in [-0.39, 0.29) is 17.8 Å². The van der Waals surface area contributed by atoms with Crippen molar-refractivity contribution in [3.8, 4) is 17.0 Å². The molecular weight excluding hydrogens is 669 g/mol. The van der Waals surface area contributed by atoms with Crippen LogP contribution in [0.3, 0.4) is 0 Å². The number of hydrogen-bond donors (Lipinski definition) is 1. The highest BCUT2D eigenvalue weighted by molar-refractivity contribution is 7.91. The Labute approximate surface area is 282 Å². The lowest BCUT2D eigenvalue weighted by Gasteiger charge is -2.13. The number of aromatic nitrogens is 2. The Bertz CT molecular complexity index is 1880. The predicted octanol–water partition coefficient (Wildman–Crippen LogP) is 8.07. The van der Waals surface area contributed by atoms with Crippen molar-refractivity contribution in [3.63, 3.8) is 0 Å². The van der Waals surface area contributed by atoms with Crippen LogP contribution in [0.4, 0.5) is 0 Å². The third-order valence-electron chi connectivity index (χ3n) is 8.71. The molecule has 0 radical (unpaired) electrons. The molecule has 0 spiro atoms. The smallest absolute Gasteiger partial charge is 0.264 e. The number of fused-ring (bicyclic) bond motifs is 1. The lowest BCUT2D eigenvalue weighted by atomic mass is 10.0. The van der Waals surface area contributed by atoms with Crippen LogP contribution in [0.2, 0.25) is 10.0 Å². The highest BCUT2D eigenvalue weighted by atomic mass is 35.5. The second-order valence-corrected chi connectivity index (χ2v) is 16.7. The summed E-state index contributed by atoms with van der Waals surface area (Å²) in [6, 6.07) is 8.72. The van der Waals surface area contributed by atoms with Gasteiger partial charge in [-0.2, -0.15) is 0 Å². The monoisotopic (exact) mass is 703 g/mol. The molecule has 7 rings (SSSR count). The first-order valence-corrected chi connectivity index (χ1v) is 18.9. The summed E-state index contributed by atoms with van der Waals surface area (Å²) in [6.07, 6.45) is 6.85. The molecular formula is C33H35Cl2N3O6S2. The van der Waals surface area contributed by atoms with Crippen molar-refractivity contribution in [2.45, 2.75) is 95.2 Å². The Hall–Kier alpha value is -2.70. The van der Waals surface area contributed by atoms with E-state index < -0.39 is 21.2 Å². The fourth-order valence-electron chi connectivity index (χ4n) is 6.12. The van der Waals surface area contributed by atoms with Crippen LogP contribution in [0.1, 0.15) is 91.4 Å². The first kappa shape index (κ1) is 31.9. The number of carbonyl (C=O) groups is 1. The molecule has 0 bridgehead atoms. The molecule has 13 heteroatoms. The Balaban J connectivity index is 1.04. The quantitative estimate of drug-likeness (QED) is 0.157. The van der Waals surface area contributed by atoms with Crippen molar-refractivity contribution in [3.05, 3.63) is 62.3 Å². The zero-order chi connectivity index (χ0) is 32.2. The van der Waals surface area contributed by atoms with Crippen molar-refractivity contribution in [1.82, 2.24) is 14.9 Å². The molecule has 2 aromatic carbocycles. The van der Waals surface area contributed by atoms with Crippen molar-refractivity contribution < 1.29 is 27.2 Å². The normalized spacial score (nSPS) is 20.1. The largest absolute Gasteiger partial charge is 0.489 e. The van der Waals surface area contributed by atoms with Gasteiger partial charge in [-0.05, 0) is 89.0 Å². The number of nitrogens with one attached hydrogen (secondary N) is 1. The number of ether oxygens (including phenoxy) is 2. The number of carbonyl (C=O) groups excluding carboxylic acids is 1. The van der Waals surface area contributed by atoms with Gasteiger partial charge in [0.2, 0.25) is 10.0 Å². The van der Waals surface area contributed by atoms with Crippen molar-refractivity contribution in [2.75, 3.05) is 0 Å². The molecule has 3 fully saturated rings. The van der Waals surface area contributed by atoms with Gasteiger partial charge < -0.3 is 14.0 Å². The molecule has 9 nitrogen and oxygen atoms in total. The third-order valence-corrected chi connectivity index (χ3v) is 12.2. The Morgan fingerprint density at radius 3 is 2.57 bits per heavy atom. The maximum absolute atomic E-state index is 12.9. The Morgan fingerprint density at radius 1 is 1.11 bits per heavy atom. The van der Waals surface area contributed by atoms with Crippen LogP contribution in [0.15, 0.2) is 34.9 Å². The van der Waals surface area contributed by atoms with Crippen LogP contribution in [-0.4, -0.2) is 41.9 Å². The predicted molar refractivity (Wildman–Crippen MR) is 178 cm³/mol. The van der Waals surface area contributed by atoms with E-state index in [4.69, 9.17) is 42.2 Å². The van der Waals surface area contributed by atoms with Gasteiger partial charge in [0.05, 0.1) is 43.8 Å². The van der Waals surface area contributed by atoms with E-state index in [1.165, 1.54) is 11.3 Å². The lowest BCUT2D eigenvalue weighted by Crippen LogP contribution is -2.33. The molecule has 2 heterocycles. The maximum atomic E-state index is 12.9. The minimum Gasteiger partial charge on any atom is -0.489 e. The number of sulfonamides is 1. The van der Waals surface area contributed by atoms with E-state index in [0.29, 0.717) is 63.9 Å². The molecule has 244 valence electrons. The first-order valence-electron chi connectivity index (χ1n) is 15.8. The van der Waals surface area contributed by atoms with E-state index in [9.17, 15) is 13.2 Å². The molecule has 0 unspecified atom stereocenters. The molecule has 46 heavy (non-hydrogen) atoms. The van der Waals surface area contributed by atoms with Gasteiger partial charge in [-0.15, -0.1) is 11.3 Å². The number of halogens is 2. The van der Waals surface area contributed by atoms with E-state index in [1.807, 2.05) is 19.9 Å². The second kappa shape index (κ2) is 12.7. The van der Waals surface area contributed by atoms with Gasteiger partial charge in [0, 0.05) is 29.0 Å². The molecule has 1 N–H and O–H groups in total. The summed E-state index contributed by atoms with van der Waals surface area (Å²) in [5, 5.41) is 5.90. The highest BCUT2D eigenvalue weighted by Gasteiger charge is 2.37. The van der Waals surface area contributed by atoms with E-state index in [1.54, 1.807) is 24.3 Å². The van der Waals surface area contributed by atoms with Gasteiger partial charge in [-0.25, -0.2) is 18.1 Å². The summed E-state index contributed by atoms with van der Waals surface area (Å²) in [7, 11) is -3.67. The van der Waals surface area contributed by atoms with Crippen molar-refractivity contribution >= 4 is 60.7 Å². The summed E-state index contributed by atoms with van der Waals surface area (Å²) in [6.45, 7) is 4.19. The Morgan fingerprint density at radius 2 is 1.87 bits per heavy atom. The lowest BCUT2D eigenvalue weighted by molar-refractivity contribution is 0.0424. The third kappa shape index (κ3) is 6.80. The number of amides is 1. The van der Waals surface area contributed by atoms with Gasteiger partial charge in [0.15, 0.2) is 0 Å². The molecule has 1 amide bonds. The van der Waals surface area contributed by atoms with Crippen molar-refractivity contribution in [2.24, 2.45) is 5.92 Å². The van der Waals surface area contributed by atoms with E-state index >= 15 is 0 Å². The molecule has 3 saturated carbocycles. The molecule has 3 aliphatic carbocycles. The summed E-state index contributed by atoms with van der Waals surface area (Å²) < 4.78 is 46.1. The number of nitrogens with zero attached hydrogens (tertiary/aromatic N) is 2. The van der Waals surface area contributed by atoms with Gasteiger partial charge in [0.25, 0.3) is 5.91 Å². The minimum absolute atomic E-state index is 0.0828. The molecule has 0 saturated heterocycles. The van der Waals surface area contributed by atoms with Crippen molar-refractivity contribution in [1.29, 1.82) is 0 Å². The van der Waals surface area contributed by atoms with E-state index in [2.05, 4.69) is 9.88 Å². The fourth-order valence-corrected chi connectivity index (χ4v) is 9.13. The fraction of sp³-hybridized carbons (Fsp3) is 0.485. The summed E-state index contributed by atoms with van der Waals surface area (Å²) >= 11 is 14.6. The summed E-state index contributed by atoms with van der Waals surface area (Å²) in [5.74, 6) is 1.44. The summed E-state index contributed by atoms with van der Waals surface area (Å²) in [5.41, 5.74) is 3.18. The topological polar surface area (TPSA) is 121 Å². The average molecular weight is 705 g/mol. The molecule has 2 atom stereocenters. The second-order valence-electron chi connectivity index (χ2n) is 12.8. The zero-order valence-electron chi connectivity index (χ0n) is 25.6. The number of thiazole rings is 1. The number of rotatable bonds is 12. The molecule has 4 aromatic rings. The highest BCUT2D eigenvalue weighted by Crippen LogP contribution is 2.46. The number of benzene rings is 2. The summed E-state index contributed by atoms with van der Waals surface area (Å²) in [4.78, 5) is 17.9. The maximum Gasteiger partial charge on any atom is 0.264 e. The molecule has 2 aromatic heterocycles. The molecule has 3 aliphatic rings. The molecule has 0 aliphatic heterocycles. The van der Waals surface area contributed by atoms with Gasteiger partial charge in [-0.3, -0.25) is 4.79 Å². The zero-order valence-corrected chi connectivity index (χ0v) is 28.7. The Kier molecular flexibility index (Phi) is 8.82. The van der Waals surface area contributed by atoms with E-state index in [0.717, 1.165) is 59.6 Å². The minimum atomic E-state index is -3.67. The van der Waals surface area contributed by atoms with Crippen LogP contribution in [0, 0.1) is 5.92 Å². The average Bonchev–Trinajstić information content (AvgIpc) is 3.91. The van der Waals surface area contributed by atoms with Gasteiger partial charge in [-0.1, -0.05) is 34.4 Å². The van der Waals surface area contributed by atoms with Gasteiger partial charge >= 0.3 is 0 Å². The van der Waals surface area contributed by atoms with Crippen LogP contribution in [0.25, 0.3) is 21.5 Å². The SMILES string of the molecule is CC(C)Oc1cc(C(=O)NS(=O)(=O)C2CC2)cc2sc(C[C@@H]3CC[C@H](OCc4c(-c5c(Cl)cccc5Cl)noc4C4CC4)C3)nc12. The van der Waals surface area contributed by atoms with Crippen LogP contribution in [0.5, 0.6) is 5.75 Å². The van der Waals surface area contributed by atoms with Crippen LogP contribution >= 0.6 is 34.5 Å². The standard InChI is InChI=1S/C33H35Cl2N3O6S2/c1-17(2)43-26-14-20(33(39)38-46(40,41)22-10-11-22)15-27-31(26)36-28(45-27)13-18-6-9-21(12-18)42-16-23-30(37-44-32(23)19-7-8-19)29-24(34)4-3-5-25(29)35/h3-5,14-15,17-19,21-22H,6-13,16H2,1-2H3,(H,38,39)/t18-,21+/m1/s1. The van der Waals surface area contributed by atoms with Gasteiger partial charge in [0.1, 0.15) is 22.7 Å². The van der Waals surface area contributed by atoms with Crippen LogP contribution in [-0.2, 0) is 27.8 Å².